The molecule has 0 saturated carbocycles. The zero-order valence-corrected chi connectivity index (χ0v) is 5.74. The number of nitrogens with two attached hydrogens (primary N) is 1. The number of aromatic amines is 1. The minimum atomic E-state index is 0.557. The Bertz CT molecular complexity index is 336. The Hall–Kier alpha value is -1.71. The maximum Gasteiger partial charge on any atom is 0.119 e. The van der Waals surface area contributed by atoms with E-state index in [9.17, 15) is 0 Å². The Morgan fingerprint density at radius 2 is 2.45 bits per heavy atom. The molecule has 2 aromatic rings. The highest BCUT2D eigenvalue weighted by Crippen LogP contribution is 2.17. The van der Waals surface area contributed by atoms with Crippen LogP contribution in [0, 0.1) is 0 Å². The Morgan fingerprint density at radius 1 is 1.55 bits per heavy atom. The van der Waals surface area contributed by atoms with Crippen molar-refractivity contribution in [2.45, 2.75) is 0 Å². The van der Waals surface area contributed by atoms with E-state index in [0.717, 1.165) is 11.3 Å². The monoisotopic (exact) mass is 149 g/mol. The van der Waals surface area contributed by atoms with Crippen molar-refractivity contribution >= 4 is 5.82 Å². The number of rotatable bonds is 1. The molecule has 56 valence electrons. The lowest BCUT2D eigenvalue weighted by Gasteiger charge is -1.82. The van der Waals surface area contributed by atoms with E-state index in [-0.39, 0.29) is 0 Å². The molecule has 4 heteroatoms. The second kappa shape index (κ2) is 2.16. The lowest BCUT2D eigenvalue weighted by molar-refractivity contribution is 0.568. The molecule has 0 fully saturated rings. The van der Waals surface area contributed by atoms with E-state index in [2.05, 4.69) is 10.2 Å². The number of hydrogen-bond acceptors (Lipinski definition) is 3. The first-order valence-corrected chi connectivity index (χ1v) is 3.20. The normalized spacial score (nSPS) is 10.2. The molecule has 0 aliphatic carbocycles. The molecule has 0 spiro atoms. The number of nitrogens with one attached hydrogen (secondary N) is 1. The number of H-pyrrole nitrogens is 1. The van der Waals surface area contributed by atoms with Crippen molar-refractivity contribution < 1.29 is 4.42 Å². The first-order valence-electron chi connectivity index (χ1n) is 3.20. The van der Waals surface area contributed by atoms with Crippen molar-refractivity contribution in [2.75, 3.05) is 5.73 Å². The van der Waals surface area contributed by atoms with Gasteiger partial charge in [0.1, 0.15) is 5.82 Å². The average Bonchev–Trinajstić information content (AvgIpc) is 2.55. The Labute approximate surface area is 63.0 Å². The zero-order valence-electron chi connectivity index (χ0n) is 5.74. The fourth-order valence-electron chi connectivity index (χ4n) is 0.895. The minimum absolute atomic E-state index is 0.557. The zero-order chi connectivity index (χ0) is 7.68. The topological polar surface area (TPSA) is 67.8 Å². The SMILES string of the molecule is Nc1cc(-c2ccoc2)n[nH]1. The summed E-state index contributed by atoms with van der Waals surface area (Å²) in [6.45, 7) is 0. The molecule has 0 radical (unpaired) electrons. The molecule has 11 heavy (non-hydrogen) atoms. The van der Waals surface area contributed by atoms with Gasteiger partial charge in [0.05, 0.1) is 18.2 Å². The summed E-state index contributed by atoms with van der Waals surface area (Å²) >= 11 is 0. The van der Waals surface area contributed by atoms with Crippen molar-refractivity contribution in [3.63, 3.8) is 0 Å². The predicted molar refractivity (Wildman–Crippen MR) is 40.7 cm³/mol. The lowest BCUT2D eigenvalue weighted by atomic mass is 10.2. The van der Waals surface area contributed by atoms with Crippen molar-refractivity contribution in [3.8, 4) is 11.3 Å². The Kier molecular flexibility index (Phi) is 1.18. The van der Waals surface area contributed by atoms with E-state index in [1.54, 1.807) is 18.6 Å². The van der Waals surface area contributed by atoms with Crippen molar-refractivity contribution in [1.82, 2.24) is 10.2 Å². The van der Waals surface area contributed by atoms with Crippen LogP contribution in [-0.2, 0) is 0 Å². The van der Waals surface area contributed by atoms with Gasteiger partial charge in [-0.3, -0.25) is 5.10 Å². The number of nitrogens with zero attached hydrogens (tertiary/aromatic N) is 1. The van der Waals surface area contributed by atoms with Gasteiger partial charge in [0, 0.05) is 11.6 Å². The first kappa shape index (κ1) is 6.03. The van der Waals surface area contributed by atoms with Crippen LogP contribution in [0.15, 0.2) is 29.1 Å². The standard InChI is InChI=1S/C7H7N3O/c8-7-3-6(9-10-7)5-1-2-11-4-5/h1-4H,(H3,8,9,10). The third kappa shape index (κ3) is 0.980. The lowest BCUT2D eigenvalue weighted by Crippen LogP contribution is -1.81. The van der Waals surface area contributed by atoms with Crippen molar-refractivity contribution in [1.29, 1.82) is 0 Å². The highest BCUT2D eigenvalue weighted by atomic mass is 16.3. The summed E-state index contributed by atoms with van der Waals surface area (Å²) in [6.07, 6.45) is 3.22. The van der Waals surface area contributed by atoms with Gasteiger partial charge >= 0.3 is 0 Å². The van der Waals surface area contributed by atoms with Gasteiger partial charge in [-0.1, -0.05) is 0 Å². The number of aromatic nitrogens is 2. The molecule has 0 saturated heterocycles. The van der Waals surface area contributed by atoms with E-state index >= 15 is 0 Å². The van der Waals surface area contributed by atoms with Gasteiger partial charge in [-0.05, 0) is 6.07 Å². The molecule has 2 aromatic heterocycles. The van der Waals surface area contributed by atoms with Crippen molar-refractivity contribution in [3.05, 3.63) is 24.7 Å². The van der Waals surface area contributed by atoms with Crippen LogP contribution in [0.5, 0.6) is 0 Å². The van der Waals surface area contributed by atoms with Gasteiger partial charge in [0.2, 0.25) is 0 Å². The van der Waals surface area contributed by atoms with E-state index in [4.69, 9.17) is 10.2 Å². The van der Waals surface area contributed by atoms with Crippen LogP contribution in [0.2, 0.25) is 0 Å². The molecule has 0 amide bonds. The molecule has 0 unspecified atom stereocenters. The number of hydrogen-bond donors (Lipinski definition) is 2. The first-order chi connectivity index (χ1) is 5.36. The molecule has 0 atom stereocenters. The summed E-state index contributed by atoms with van der Waals surface area (Å²) in [4.78, 5) is 0. The predicted octanol–water partition coefficient (Wildman–Crippen LogP) is 1.25. The van der Waals surface area contributed by atoms with Gasteiger partial charge in [-0.25, -0.2) is 0 Å². The van der Waals surface area contributed by atoms with Crippen LogP contribution in [0.25, 0.3) is 11.3 Å². The Morgan fingerprint density at radius 3 is 3.00 bits per heavy atom. The summed E-state index contributed by atoms with van der Waals surface area (Å²) in [6, 6.07) is 3.58. The third-order valence-electron chi connectivity index (χ3n) is 1.41. The molecule has 3 N–H and O–H groups in total. The Balaban J connectivity index is 2.45. The summed E-state index contributed by atoms with van der Waals surface area (Å²) in [5.74, 6) is 0.557. The number of nitrogen functional groups attached to an aromatic ring is 1. The smallest absolute Gasteiger partial charge is 0.119 e. The van der Waals surface area contributed by atoms with E-state index in [0.29, 0.717) is 5.82 Å². The van der Waals surface area contributed by atoms with E-state index < -0.39 is 0 Å². The van der Waals surface area contributed by atoms with Gasteiger partial charge in [-0.15, -0.1) is 0 Å². The number of furan rings is 1. The molecule has 0 aliphatic rings. The molecule has 2 rings (SSSR count). The van der Waals surface area contributed by atoms with Gasteiger partial charge < -0.3 is 10.2 Å². The van der Waals surface area contributed by atoms with Crippen LogP contribution < -0.4 is 5.73 Å². The van der Waals surface area contributed by atoms with Crippen LogP contribution in [0.1, 0.15) is 0 Å². The fraction of sp³-hybridized carbons (Fsp3) is 0. The van der Waals surface area contributed by atoms with Gasteiger partial charge in [0.25, 0.3) is 0 Å². The van der Waals surface area contributed by atoms with Crippen LogP contribution in [0.4, 0.5) is 5.82 Å². The molecule has 0 aromatic carbocycles. The maximum absolute atomic E-state index is 5.44. The largest absolute Gasteiger partial charge is 0.472 e. The molecule has 4 nitrogen and oxygen atoms in total. The summed E-state index contributed by atoms with van der Waals surface area (Å²) in [7, 11) is 0. The van der Waals surface area contributed by atoms with Crippen molar-refractivity contribution in [2.24, 2.45) is 0 Å². The third-order valence-corrected chi connectivity index (χ3v) is 1.41. The fourth-order valence-corrected chi connectivity index (χ4v) is 0.895. The van der Waals surface area contributed by atoms with Gasteiger partial charge in [0.15, 0.2) is 0 Å². The number of anilines is 1. The minimum Gasteiger partial charge on any atom is -0.472 e. The quantitative estimate of drug-likeness (QED) is 0.641. The molecular weight excluding hydrogens is 142 g/mol. The maximum atomic E-state index is 5.44. The van der Waals surface area contributed by atoms with Crippen LogP contribution in [-0.4, -0.2) is 10.2 Å². The average molecular weight is 149 g/mol. The van der Waals surface area contributed by atoms with Gasteiger partial charge in [-0.2, -0.15) is 5.10 Å². The summed E-state index contributed by atoms with van der Waals surface area (Å²) < 4.78 is 4.88. The summed E-state index contributed by atoms with van der Waals surface area (Å²) in [5.41, 5.74) is 7.17. The summed E-state index contributed by atoms with van der Waals surface area (Å²) in [5, 5.41) is 6.59. The van der Waals surface area contributed by atoms with E-state index in [1.807, 2.05) is 6.07 Å². The highest BCUT2D eigenvalue weighted by molar-refractivity contribution is 5.60. The molecule has 0 aliphatic heterocycles. The van der Waals surface area contributed by atoms with Crippen LogP contribution >= 0.6 is 0 Å². The van der Waals surface area contributed by atoms with Crippen LogP contribution in [0.3, 0.4) is 0 Å². The highest BCUT2D eigenvalue weighted by Gasteiger charge is 2.01. The molecular formula is C7H7N3O. The second-order valence-corrected chi connectivity index (χ2v) is 2.22. The molecule has 0 bridgehead atoms. The molecule has 2 heterocycles. The second-order valence-electron chi connectivity index (χ2n) is 2.22. The van der Waals surface area contributed by atoms with E-state index in [1.165, 1.54) is 0 Å².